The van der Waals surface area contributed by atoms with Gasteiger partial charge in [0.2, 0.25) is 0 Å². The van der Waals surface area contributed by atoms with Gasteiger partial charge in [0.15, 0.2) is 11.6 Å². The van der Waals surface area contributed by atoms with Crippen molar-refractivity contribution in [2.24, 2.45) is 5.73 Å². The van der Waals surface area contributed by atoms with Crippen molar-refractivity contribution < 1.29 is 9.13 Å². The molecule has 96 valence electrons. The summed E-state index contributed by atoms with van der Waals surface area (Å²) in [5, 5.41) is 1.98. The Kier molecular flexibility index (Phi) is 4.37. The van der Waals surface area contributed by atoms with Gasteiger partial charge in [0.25, 0.3) is 0 Å². The SMILES string of the molecule is COc1cccc(CC(N)c2csc(Br)c2)c1F. The lowest BCUT2D eigenvalue weighted by Crippen LogP contribution is -2.13. The highest BCUT2D eigenvalue weighted by atomic mass is 79.9. The maximum Gasteiger partial charge on any atom is 0.168 e. The molecule has 0 saturated carbocycles. The van der Waals surface area contributed by atoms with Crippen LogP contribution in [0.2, 0.25) is 0 Å². The van der Waals surface area contributed by atoms with E-state index in [0.717, 1.165) is 9.35 Å². The largest absolute Gasteiger partial charge is 0.494 e. The molecular formula is C13H13BrFNOS. The first-order valence-corrected chi connectivity index (χ1v) is 7.10. The van der Waals surface area contributed by atoms with Crippen LogP contribution in [-0.4, -0.2) is 7.11 Å². The minimum atomic E-state index is -0.329. The molecule has 1 atom stereocenters. The Balaban J connectivity index is 2.19. The highest BCUT2D eigenvalue weighted by molar-refractivity contribution is 9.11. The maximum absolute atomic E-state index is 14.0. The summed E-state index contributed by atoms with van der Waals surface area (Å²) < 4.78 is 19.9. The minimum absolute atomic E-state index is 0.214. The van der Waals surface area contributed by atoms with Gasteiger partial charge in [-0.05, 0) is 51.0 Å². The molecule has 1 heterocycles. The first-order chi connectivity index (χ1) is 8.61. The number of benzene rings is 1. The van der Waals surface area contributed by atoms with Crippen LogP contribution >= 0.6 is 27.3 Å². The van der Waals surface area contributed by atoms with E-state index in [0.29, 0.717) is 12.0 Å². The van der Waals surface area contributed by atoms with Crippen LogP contribution in [0.5, 0.6) is 5.75 Å². The molecule has 0 spiro atoms. The summed E-state index contributed by atoms with van der Waals surface area (Å²) in [5.74, 6) is -0.0732. The molecule has 0 aliphatic rings. The molecule has 0 aliphatic carbocycles. The van der Waals surface area contributed by atoms with Gasteiger partial charge in [0.1, 0.15) is 0 Å². The van der Waals surface area contributed by atoms with E-state index in [4.69, 9.17) is 10.5 Å². The summed E-state index contributed by atoms with van der Waals surface area (Å²) in [6, 6.07) is 6.86. The van der Waals surface area contributed by atoms with E-state index < -0.39 is 0 Å². The second-order valence-electron chi connectivity index (χ2n) is 3.93. The van der Waals surface area contributed by atoms with E-state index in [9.17, 15) is 4.39 Å². The first-order valence-electron chi connectivity index (χ1n) is 5.42. The van der Waals surface area contributed by atoms with Gasteiger partial charge in [-0.15, -0.1) is 11.3 Å². The Labute approximate surface area is 118 Å². The Hall–Kier alpha value is -0.910. The number of methoxy groups -OCH3 is 1. The van der Waals surface area contributed by atoms with Gasteiger partial charge in [-0.1, -0.05) is 12.1 Å². The van der Waals surface area contributed by atoms with Crippen LogP contribution in [0.3, 0.4) is 0 Å². The molecule has 1 unspecified atom stereocenters. The molecule has 2 nitrogen and oxygen atoms in total. The standard InChI is InChI=1S/C13H13BrFNOS/c1-17-11-4-2-3-8(13(11)15)5-10(16)9-6-12(14)18-7-9/h2-4,6-7,10H,5,16H2,1H3. The summed E-state index contributed by atoms with van der Waals surface area (Å²) >= 11 is 4.97. The first kappa shape index (κ1) is 13.5. The fraction of sp³-hybridized carbons (Fsp3) is 0.231. The molecule has 2 N–H and O–H groups in total. The molecule has 0 aliphatic heterocycles. The molecule has 0 radical (unpaired) electrons. The van der Waals surface area contributed by atoms with Crippen molar-refractivity contribution >= 4 is 27.3 Å². The fourth-order valence-corrected chi connectivity index (χ4v) is 2.98. The van der Waals surface area contributed by atoms with Gasteiger partial charge >= 0.3 is 0 Å². The van der Waals surface area contributed by atoms with Gasteiger partial charge < -0.3 is 10.5 Å². The van der Waals surface area contributed by atoms with E-state index >= 15 is 0 Å². The molecule has 1 aromatic carbocycles. The van der Waals surface area contributed by atoms with Crippen LogP contribution in [0.25, 0.3) is 0 Å². The Bertz CT molecular complexity index is 544. The monoisotopic (exact) mass is 329 g/mol. The zero-order valence-electron chi connectivity index (χ0n) is 9.82. The third-order valence-corrected chi connectivity index (χ3v) is 4.24. The summed E-state index contributed by atoms with van der Waals surface area (Å²) in [6.07, 6.45) is 0.451. The molecule has 18 heavy (non-hydrogen) atoms. The molecule has 0 saturated heterocycles. The van der Waals surface area contributed by atoms with E-state index in [-0.39, 0.29) is 17.6 Å². The van der Waals surface area contributed by atoms with E-state index in [2.05, 4.69) is 15.9 Å². The number of hydrogen-bond acceptors (Lipinski definition) is 3. The zero-order valence-corrected chi connectivity index (χ0v) is 12.2. The van der Waals surface area contributed by atoms with E-state index in [1.807, 2.05) is 11.4 Å². The molecular weight excluding hydrogens is 317 g/mol. The highest BCUT2D eigenvalue weighted by Gasteiger charge is 2.14. The van der Waals surface area contributed by atoms with Gasteiger partial charge in [-0.3, -0.25) is 0 Å². The predicted molar refractivity (Wildman–Crippen MR) is 75.6 cm³/mol. The van der Waals surface area contributed by atoms with Gasteiger partial charge in [0, 0.05) is 6.04 Å². The van der Waals surface area contributed by atoms with Crippen LogP contribution in [0, 0.1) is 5.82 Å². The normalized spacial score (nSPS) is 12.4. The van der Waals surface area contributed by atoms with Crippen molar-refractivity contribution in [3.63, 3.8) is 0 Å². The number of halogens is 2. The highest BCUT2D eigenvalue weighted by Crippen LogP contribution is 2.28. The summed E-state index contributed by atoms with van der Waals surface area (Å²) in [4.78, 5) is 0. The van der Waals surface area contributed by atoms with Crippen molar-refractivity contribution in [3.05, 3.63) is 50.4 Å². The molecule has 0 bridgehead atoms. The summed E-state index contributed by atoms with van der Waals surface area (Å²) in [6.45, 7) is 0. The lowest BCUT2D eigenvalue weighted by atomic mass is 10.0. The third-order valence-electron chi connectivity index (χ3n) is 2.72. The smallest absolute Gasteiger partial charge is 0.168 e. The topological polar surface area (TPSA) is 35.2 Å². The number of thiophene rings is 1. The van der Waals surface area contributed by atoms with E-state index in [1.54, 1.807) is 29.5 Å². The van der Waals surface area contributed by atoms with Gasteiger partial charge in [-0.2, -0.15) is 0 Å². The second-order valence-corrected chi connectivity index (χ2v) is 6.22. The minimum Gasteiger partial charge on any atom is -0.494 e. The van der Waals surface area contributed by atoms with Crippen molar-refractivity contribution in [1.82, 2.24) is 0 Å². The average Bonchev–Trinajstić information content (AvgIpc) is 2.78. The van der Waals surface area contributed by atoms with Crippen LogP contribution in [-0.2, 0) is 6.42 Å². The predicted octanol–water partition coefficient (Wildman–Crippen LogP) is 3.90. The molecule has 0 amide bonds. The lowest BCUT2D eigenvalue weighted by Gasteiger charge is -2.12. The van der Waals surface area contributed by atoms with E-state index in [1.165, 1.54) is 7.11 Å². The van der Waals surface area contributed by atoms with Crippen molar-refractivity contribution in [1.29, 1.82) is 0 Å². The summed E-state index contributed by atoms with van der Waals surface area (Å²) in [7, 11) is 1.46. The Morgan fingerprint density at radius 2 is 2.28 bits per heavy atom. The Morgan fingerprint density at radius 3 is 2.89 bits per heavy atom. The van der Waals surface area contributed by atoms with Crippen LogP contribution in [0.1, 0.15) is 17.2 Å². The number of hydrogen-bond donors (Lipinski definition) is 1. The second kappa shape index (κ2) is 5.82. The Morgan fingerprint density at radius 1 is 1.50 bits per heavy atom. The van der Waals surface area contributed by atoms with Crippen molar-refractivity contribution in [2.75, 3.05) is 7.11 Å². The molecule has 2 rings (SSSR count). The molecule has 1 aromatic heterocycles. The average molecular weight is 330 g/mol. The van der Waals surface area contributed by atoms with Crippen LogP contribution < -0.4 is 10.5 Å². The fourth-order valence-electron chi connectivity index (χ4n) is 1.74. The van der Waals surface area contributed by atoms with Crippen LogP contribution in [0.15, 0.2) is 33.4 Å². The third kappa shape index (κ3) is 2.91. The number of nitrogens with two attached hydrogens (primary N) is 1. The lowest BCUT2D eigenvalue weighted by molar-refractivity contribution is 0.383. The van der Waals surface area contributed by atoms with Crippen molar-refractivity contribution in [2.45, 2.75) is 12.5 Å². The van der Waals surface area contributed by atoms with Crippen LogP contribution in [0.4, 0.5) is 4.39 Å². The molecule has 5 heteroatoms. The maximum atomic E-state index is 14.0. The zero-order chi connectivity index (χ0) is 13.1. The summed E-state index contributed by atoms with van der Waals surface area (Å²) in [5.41, 5.74) is 7.66. The van der Waals surface area contributed by atoms with Gasteiger partial charge in [-0.25, -0.2) is 4.39 Å². The molecule has 0 fully saturated rings. The van der Waals surface area contributed by atoms with Gasteiger partial charge in [0.05, 0.1) is 10.9 Å². The number of rotatable bonds is 4. The quantitative estimate of drug-likeness (QED) is 0.923. The number of ether oxygens (including phenoxy) is 1. The van der Waals surface area contributed by atoms with Crippen molar-refractivity contribution in [3.8, 4) is 5.75 Å². The molecule has 2 aromatic rings.